The van der Waals surface area contributed by atoms with E-state index >= 15 is 0 Å². The Labute approximate surface area is 92.1 Å². The Balaban J connectivity index is 2.95. The van der Waals surface area contributed by atoms with Crippen molar-refractivity contribution >= 4 is 23.2 Å². The molecule has 1 heterocycles. The number of aryl methyl sites for hydroxylation is 1. The van der Waals surface area contributed by atoms with Crippen LogP contribution in [-0.4, -0.2) is 21.9 Å². The highest BCUT2D eigenvalue weighted by molar-refractivity contribution is 6.08. The highest BCUT2D eigenvalue weighted by Crippen LogP contribution is 2.24. The van der Waals surface area contributed by atoms with Gasteiger partial charge < -0.3 is 9.67 Å². The largest absolute Gasteiger partial charge is 0.477 e. The molecule has 0 aliphatic rings. The van der Waals surface area contributed by atoms with E-state index in [4.69, 9.17) is 5.11 Å². The Hall–Kier alpha value is -2.10. The lowest BCUT2D eigenvalue weighted by atomic mass is 10.1. The molecule has 0 saturated heterocycles. The van der Waals surface area contributed by atoms with Crippen LogP contribution in [0.25, 0.3) is 10.9 Å². The van der Waals surface area contributed by atoms with Crippen molar-refractivity contribution in [1.29, 1.82) is 0 Å². The number of benzene rings is 1. The predicted molar refractivity (Wildman–Crippen MR) is 60.0 cm³/mol. The number of carboxylic acids is 1. The summed E-state index contributed by atoms with van der Waals surface area (Å²) in [6, 6.07) is 7.20. The second-order valence-electron chi connectivity index (χ2n) is 3.45. The average Bonchev–Trinajstić information content (AvgIpc) is 2.62. The molecule has 0 amide bonds. The maximum Gasteiger partial charge on any atom is 0.353 e. The van der Waals surface area contributed by atoms with Gasteiger partial charge in [0.25, 0.3) is 0 Å². The van der Waals surface area contributed by atoms with Gasteiger partial charge >= 0.3 is 5.97 Å². The topological polar surface area (TPSA) is 59.3 Å². The van der Waals surface area contributed by atoms with Crippen LogP contribution in [0.3, 0.4) is 0 Å². The quantitative estimate of drug-likeness (QED) is 0.801. The van der Waals surface area contributed by atoms with Crippen molar-refractivity contribution in [3.63, 3.8) is 0 Å². The van der Waals surface area contributed by atoms with E-state index in [-0.39, 0.29) is 11.3 Å². The van der Waals surface area contributed by atoms with Gasteiger partial charge in [-0.3, -0.25) is 4.79 Å². The fourth-order valence-corrected chi connectivity index (χ4v) is 2.01. The molecule has 1 aromatic carbocycles. The first-order valence-corrected chi connectivity index (χ1v) is 5.00. The summed E-state index contributed by atoms with van der Waals surface area (Å²) >= 11 is 0. The lowest BCUT2D eigenvalue weighted by Gasteiger charge is -2.03. The van der Waals surface area contributed by atoms with Crippen molar-refractivity contribution in [2.75, 3.05) is 0 Å². The average molecular weight is 217 g/mol. The van der Waals surface area contributed by atoms with Crippen molar-refractivity contribution in [3.05, 3.63) is 35.5 Å². The number of carbonyl (C=O) groups excluding carboxylic acids is 1. The molecule has 1 N–H and O–H groups in total. The number of nitrogens with zero attached hydrogens (tertiary/aromatic N) is 1. The number of carbonyl (C=O) groups is 2. The fraction of sp³-hybridized carbons (Fsp3) is 0.167. The Morgan fingerprint density at radius 1 is 1.44 bits per heavy atom. The molecule has 0 aliphatic heterocycles. The van der Waals surface area contributed by atoms with Gasteiger partial charge in [0.2, 0.25) is 0 Å². The van der Waals surface area contributed by atoms with Gasteiger partial charge in [-0.15, -0.1) is 0 Å². The van der Waals surface area contributed by atoms with Crippen molar-refractivity contribution in [2.24, 2.45) is 0 Å². The molecular formula is C12H11NO3. The number of para-hydroxylation sites is 1. The van der Waals surface area contributed by atoms with Crippen LogP contribution in [0.2, 0.25) is 0 Å². The number of aromatic carboxylic acids is 1. The zero-order chi connectivity index (χ0) is 11.7. The highest BCUT2D eigenvalue weighted by Gasteiger charge is 2.20. The standard InChI is InChI=1S/C12H11NO3/c1-2-13-10-6-4-3-5-8(10)9(7-14)11(13)12(15)16/h3-7H,2H2,1H3,(H,15,16). The second kappa shape index (κ2) is 3.81. The van der Waals surface area contributed by atoms with Crippen molar-refractivity contribution in [1.82, 2.24) is 4.57 Å². The Morgan fingerprint density at radius 3 is 2.69 bits per heavy atom. The number of aldehydes is 1. The number of rotatable bonds is 3. The van der Waals surface area contributed by atoms with E-state index in [1.807, 2.05) is 19.1 Å². The molecule has 0 bridgehead atoms. The van der Waals surface area contributed by atoms with Gasteiger partial charge in [-0.05, 0) is 13.0 Å². The molecule has 0 fully saturated rings. The first-order chi connectivity index (χ1) is 7.70. The molecule has 82 valence electrons. The van der Waals surface area contributed by atoms with Crippen LogP contribution in [0.15, 0.2) is 24.3 Å². The molecule has 0 atom stereocenters. The number of carboxylic acid groups (broad SMARTS) is 1. The van der Waals surface area contributed by atoms with Gasteiger partial charge in [0.1, 0.15) is 5.69 Å². The first kappa shape index (κ1) is 10.4. The van der Waals surface area contributed by atoms with Crippen LogP contribution in [-0.2, 0) is 6.54 Å². The molecule has 4 heteroatoms. The molecule has 2 rings (SSSR count). The molecular weight excluding hydrogens is 206 g/mol. The maximum absolute atomic E-state index is 11.2. The molecule has 0 aliphatic carbocycles. The van der Waals surface area contributed by atoms with Gasteiger partial charge in [0.15, 0.2) is 6.29 Å². The normalized spacial score (nSPS) is 10.6. The number of fused-ring (bicyclic) bond motifs is 1. The first-order valence-electron chi connectivity index (χ1n) is 5.00. The zero-order valence-electron chi connectivity index (χ0n) is 8.80. The van der Waals surface area contributed by atoms with Gasteiger partial charge in [0, 0.05) is 17.4 Å². The summed E-state index contributed by atoms with van der Waals surface area (Å²) in [5, 5.41) is 9.82. The van der Waals surface area contributed by atoms with E-state index in [1.54, 1.807) is 16.7 Å². The molecule has 0 saturated carbocycles. The van der Waals surface area contributed by atoms with Crippen LogP contribution >= 0.6 is 0 Å². The monoisotopic (exact) mass is 217 g/mol. The SMILES string of the molecule is CCn1c(C(=O)O)c(C=O)c2ccccc21. The molecule has 0 spiro atoms. The molecule has 4 nitrogen and oxygen atoms in total. The summed E-state index contributed by atoms with van der Waals surface area (Å²) < 4.78 is 1.64. The third-order valence-corrected chi connectivity index (χ3v) is 2.65. The molecule has 0 unspecified atom stereocenters. The van der Waals surface area contributed by atoms with E-state index in [0.29, 0.717) is 18.2 Å². The second-order valence-corrected chi connectivity index (χ2v) is 3.45. The zero-order valence-corrected chi connectivity index (χ0v) is 8.80. The maximum atomic E-state index is 11.2. The van der Waals surface area contributed by atoms with E-state index in [0.717, 1.165) is 5.52 Å². The van der Waals surface area contributed by atoms with Gasteiger partial charge in [-0.1, -0.05) is 18.2 Å². The summed E-state index contributed by atoms with van der Waals surface area (Å²) in [4.78, 5) is 22.1. The summed E-state index contributed by atoms with van der Waals surface area (Å²) in [5.74, 6) is -1.07. The van der Waals surface area contributed by atoms with Crippen LogP contribution in [0.4, 0.5) is 0 Å². The molecule has 0 radical (unpaired) electrons. The third kappa shape index (κ3) is 1.31. The minimum absolute atomic E-state index is 0.0682. The Kier molecular flexibility index (Phi) is 2.48. The predicted octanol–water partition coefficient (Wildman–Crippen LogP) is 2.17. The summed E-state index contributed by atoms with van der Waals surface area (Å²) in [7, 11) is 0. The van der Waals surface area contributed by atoms with E-state index in [1.165, 1.54) is 0 Å². The van der Waals surface area contributed by atoms with Crippen molar-refractivity contribution in [2.45, 2.75) is 13.5 Å². The number of aromatic nitrogens is 1. The molecule has 2 aromatic rings. The fourth-order valence-electron chi connectivity index (χ4n) is 2.01. The minimum Gasteiger partial charge on any atom is -0.477 e. The van der Waals surface area contributed by atoms with Crippen LogP contribution in [0.5, 0.6) is 0 Å². The van der Waals surface area contributed by atoms with Crippen molar-refractivity contribution in [3.8, 4) is 0 Å². The van der Waals surface area contributed by atoms with E-state index in [2.05, 4.69) is 0 Å². The number of hydrogen-bond acceptors (Lipinski definition) is 2. The summed E-state index contributed by atoms with van der Waals surface area (Å²) in [6.45, 7) is 2.38. The molecule has 1 aromatic heterocycles. The van der Waals surface area contributed by atoms with Gasteiger partial charge in [-0.2, -0.15) is 0 Å². The van der Waals surface area contributed by atoms with Crippen LogP contribution in [0.1, 0.15) is 27.8 Å². The number of hydrogen-bond donors (Lipinski definition) is 1. The van der Waals surface area contributed by atoms with Crippen LogP contribution < -0.4 is 0 Å². The smallest absolute Gasteiger partial charge is 0.353 e. The van der Waals surface area contributed by atoms with E-state index < -0.39 is 5.97 Å². The Bertz CT molecular complexity index is 569. The van der Waals surface area contributed by atoms with Gasteiger partial charge in [0.05, 0.1) is 5.56 Å². The minimum atomic E-state index is -1.07. The molecule has 16 heavy (non-hydrogen) atoms. The lowest BCUT2D eigenvalue weighted by molar-refractivity contribution is 0.0683. The highest BCUT2D eigenvalue weighted by atomic mass is 16.4. The van der Waals surface area contributed by atoms with Gasteiger partial charge in [-0.25, -0.2) is 4.79 Å². The third-order valence-electron chi connectivity index (χ3n) is 2.65. The summed E-state index contributed by atoms with van der Waals surface area (Å²) in [5.41, 5.74) is 1.10. The van der Waals surface area contributed by atoms with Crippen molar-refractivity contribution < 1.29 is 14.7 Å². The lowest BCUT2D eigenvalue weighted by Crippen LogP contribution is -2.09. The van der Waals surface area contributed by atoms with E-state index in [9.17, 15) is 9.59 Å². The summed E-state index contributed by atoms with van der Waals surface area (Å²) in [6.07, 6.45) is 0.609. The Morgan fingerprint density at radius 2 is 2.12 bits per heavy atom. The van der Waals surface area contributed by atoms with Crippen LogP contribution in [0, 0.1) is 0 Å².